The Balaban J connectivity index is 1.98. The van der Waals surface area contributed by atoms with Gasteiger partial charge in [0.15, 0.2) is 0 Å². The number of rotatable bonds is 13. The van der Waals surface area contributed by atoms with Crippen LogP contribution >= 0.6 is 0 Å². The van der Waals surface area contributed by atoms with E-state index in [2.05, 4.69) is 10.6 Å². The molecule has 0 saturated heterocycles. The molecule has 3 aromatic carbocycles. The molecule has 0 fully saturated rings. The van der Waals surface area contributed by atoms with Gasteiger partial charge in [0.1, 0.15) is 11.4 Å². The van der Waals surface area contributed by atoms with Crippen LogP contribution in [0.2, 0.25) is 0 Å². The Morgan fingerprint density at radius 3 is 2.12 bits per heavy atom. The maximum absolute atomic E-state index is 14.5. The molecule has 260 valence electrons. The van der Waals surface area contributed by atoms with Crippen LogP contribution in [0, 0.1) is 5.82 Å². The van der Waals surface area contributed by atoms with Crippen molar-refractivity contribution in [2.45, 2.75) is 84.2 Å². The van der Waals surface area contributed by atoms with Crippen molar-refractivity contribution >= 4 is 29.3 Å². The number of aliphatic carboxylic acids is 1. The normalized spacial score (nSPS) is 12.8. The van der Waals surface area contributed by atoms with E-state index in [0.29, 0.717) is 45.0 Å². The smallest absolute Gasteiger partial charge is 0.412 e. The molecule has 0 radical (unpaired) electrons. The highest BCUT2D eigenvalue weighted by atomic mass is 19.1. The monoisotopic (exact) mass is 673 g/mol. The molecule has 4 aromatic rings. The lowest BCUT2D eigenvalue weighted by Gasteiger charge is -2.21. The third-order valence-corrected chi connectivity index (χ3v) is 7.70. The molecular formula is C38H44FN3O7. The zero-order chi connectivity index (χ0) is 35.9. The summed E-state index contributed by atoms with van der Waals surface area (Å²) in [7, 11) is 0. The largest absolute Gasteiger partial charge is 0.481 e. The summed E-state index contributed by atoms with van der Waals surface area (Å²) in [6.07, 6.45) is -3.56. The quantitative estimate of drug-likeness (QED) is 0.0978. The number of aliphatic hydroxyl groups excluding tert-OH is 2. The van der Waals surface area contributed by atoms with E-state index < -0.39 is 48.0 Å². The molecular weight excluding hydrogens is 629 g/mol. The minimum absolute atomic E-state index is 0.107. The Morgan fingerprint density at radius 1 is 0.878 bits per heavy atom. The molecule has 0 aliphatic rings. The number of nitrogens with one attached hydrogen (secondary N) is 2. The van der Waals surface area contributed by atoms with Gasteiger partial charge in [0, 0.05) is 29.1 Å². The fraction of sp³-hybridized carbons (Fsp3) is 0.342. The van der Waals surface area contributed by atoms with Crippen molar-refractivity contribution in [2.75, 3.05) is 10.6 Å². The van der Waals surface area contributed by atoms with Crippen molar-refractivity contribution in [2.24, 2.45) is 0 Å². The fourth-order valence-electron chi connectivity index (χ4n) is 5.80. The molecule has 0 spiro atoms. The summed E-state index contributed by atoms with van der Waals surface area (Å²) in [4.78, 5) is 38.6. The summed E-state index contributed by atoms with van der Waals surface area (Å²) in [5.74, 6) is -2.30. The highest BCUT2D eigenvalue weighted by Crippen LogP contribution is 2.45. The molecule has 0 aliphatic carbocycles. The van der Waals surface area contributed by atoms with Crippen LogP contribution in [-0.4, -0.2) is 55.7 Å². The molecule has 2 atom stereocenters. The van der Waals surface area contributed by atoms with Crippen LogP contribution in [0.5, 0.6) is 0 Å². The van der Waals surface area contributed by atoms with Gasteiger partial charge in [-0.2, -0.15) is 0 Å². The Morgan fingerprint density at radius 2 is 1.51 bits per heavy atom. The second kappa shape index (κ2) is 15.9. The number of hydrogen-bond donors (Lipinski definition) is 5. The molecule has 0 saturated carbocycles. The second-order valence-corrected chi connectivity index (χ2v) is 13.2. The number of benzene rings is 3. The fourth-order valence-corrected chi connectivity index (χ4v) is 5.80. The number of aromatic nitrogens is 1. The van der Waals surface area contributed by atoms with E-state index >= 15 is 0 Å². The number of para-hydroxylation sites is 2. The Hall–Kier alpha value is -5.00. The standard InChI is InChI=1S/C38H44FN3O7/c1-23(2)34-33(36(47)40-26-11-7-6-8-12-26)32(29-13-9-10-14-30(29)41-37(48)49-38(3,4)5)35(24-15-17-25(39)18-16-24)42(34)20-19-27(43)21-28(44)22-31(45)46/h6-18,23,27-28,43-44H,19-22H2,1-5H3,(H,40,47)(H,41,48)(H,45,46)/t27-,28-/m1/s1. The number of carbonyl (C=O) groups excluding carboxylic acids is 2. The molecule has 4 rings (SSSR count). The number of aliphatic hydroxyl groups is 2. The first-order valence-electron chi connectivity index (χ1n) is 16.2. The van der Waals surface area contributed by atoms with E-state index in [9.17, 15) is 29.0 Å². The first-order chi connectivity index (χ1) is 23.1. The Labute approximate surface area is 285 Å². The van der Waals surface area contributed by atoms with E-state index in [-0.39, 0.29) is 25.3 Å². The molecule has 10 nitrogen and oxygen atoms in total. The van der Waals surface area contributed by atoms with Gasteiger partial charge in [-0.3, -0.25) is 14.9 Å². The lowest BCUT2D eigenvalue weighted by Crippen LogP contribution is -2.27. The second-order valence-electron chi connectivity index (χ2n) is 13.2. The van der Waals surface area contributed by atoms with E-state index in [4.69, 9.17) is 9.84 Å². The molecule has 1 aromatic heterocycles. The lowest BCUT2D eigenvalue weighted by molar-refractivity contribution is -0.139. The van der Waals surface area contributed by atoms with E-state index in [1.807, 2.05) is 24.5 Å². The zero-order valence-corrected chi connectivity index (χ0v) is 28.4. The van der Waals surface area contributed by atoms with Gasteiger partial charge in [-0.1, -0.05) is 50.2 Å². The minimum Gasteiger partial charge on any atom is -0.481 e. The first-order valence-corrected chi connectivity index (χ1v) is 16.2. The van der Waals surface area contributed by atoms with Crippen molar-refractivity contribution in [3.63, 3.8) is 0 Å². The minimum atomic E-state index is -1.24. The average Bonchev–Trinajstić information content (AvgIpc) is 3.35. The summed E-state index contributed by atoms with van der Waals surface area (Å²) in [5, 5.41) is 36.0. The summed E-state index contributed by atoms with van der Waals surface area (Å²) >= 11 is 0. The Bertz CT molecular complexity index is 1760. The molecule has 11 heteroatoms. The van der Waals surface area contributed by atoms with Crippen molar-refractivity contribution in [1.29, 1.82) is 0 Å². The summed E-state index contributed by atoms with van der Waals surface area (Å²) < 4.78 is 21.7. The lowest BCUT2D eigenvalue weighted by atomic mass is 9.93. The van der Waals surface area contributed by atoms with E-state index in [1.165, 1.54) is 12.1 Å². The van der Waals surface area contributed by atoms with Crippen LogP contribution < -0.4 is 10.6 Å². The third-order valence-electron chi connectivity index (χ3n) is 7.70. The number of carboxylic acids is 1. The number of carbonyl (C=O) groups is 3. The van der Waals surface area contributed by atoms with E-state index in [0.717, 1.165) is 0 Å². The van der Waals surface area contributed by atoms with Gasteiger partial charge >= 0.3 is 12.1 Å². The third kappa shape index (κ3) is 9.77. The van der Waals surface area contributed by atoms with E-state index in [1.54, 1.807) is 81.4 Å². The predicted octanol–water partition coefficient (Wildman–Crippen LogP) is 7.66. The molecule has 0 bridgehead atoms. The first kappa shape index (κ1) is 36.8. The van der Waals surface area contributed by atoms with Crippen LogP contribution in [0.1, 0.15) is 75.9 Å². The van der Waals surface area contributed by atoms with Gasteiger partial charge in [-0.15, -0.1) is 0 Å². The maximum atomic E-state index is 14.5. The summed E-state index contributed by atoms with van der Waals surface area (Å²) in [6, 6.07) is 21.8. The van der Waals surface area contributed by atoms with Crippen LogP contribution in [0.3, 0.4) is 0 Å². The SMILES string of the molecule is CC(C)c1c(C(=O)Nc2ccccc2)c(-c2ccccc2NC(=O)OC(C)(C)C)c(-c2ccc(F)cc2)n1CC[C@@H](O)C[C@@H](O)CC(=O)O. The number of halogens is 1. The summed E-state index contributed by atoms with van der Waals surface area (Å²) in [5.41, 5.74) is 3.19. The number of nitrogens with zero attached hydrogens (tertiary/aromatic N) is 1. The number of amides is 2. The van der Waals surface area contributed by atoms with Crippen LogP contribution in [0.25, 0.3) is 22.4 Å². The molecule has 1 heterocycles. The van der Waals surface area contributed by atoms with Crippen molar-refractivity contribution in [3.8, 4) is 22.4 Å². The molecule has 0 unspecified atom stereocenters. The van der Waals surface area contributed by atoms with Crippen LogP contribution in [-0.2, 0) is 16.1 Å². The molecule has 49 heavy (non-hydrogen) atoms. The van der Waals surface area contributed by atoms with Crippen molar-refractivity contribution in [1.82, 2.24) is 4.57 Å². The van der Waals surface area contributed by atoms with Gasteiger partial charge < -0.3 is 29.9 Å². The van der Waals surface area contributed by atoms with Gasteiger partial charge in [-0.05, 0) is 87.6 Å². The average molecular weight is 674 g/mol. The van der Waals surface area contributed by atoms with Crippen molar-refractivity contribution in [3.05, 3.63) is 95.9 Å². The molecule has 0 aliphatic heterocycles. The van der Waals surface area contributed by atoms with Crippen LogP contribution in [0.4, 0.5) is 20.6 Å². The van der Waals surface area contributed by atoms with Crippen LogP contribution in [0.15, 0.2) is 78.9 Å². The van der Waals surface area contributed by atoms with Gasteiger partial charge in [-0.25, -0.2) is 9.18 Å². The number of ether oxygens (including phenoxy) is 1. The zero-order valence-electron chi connectivity index (χ0n) is 28.4. The molecule has 5 N–H and O–H groups in total. The number of carboxylic acid groups (broad SMARTS) is 1. The topological polar surface area (TPSA) is 150 Å². The highest BCUT2D eigenvalue weighted by molar-refractivity contribution is 6.14. The number of hydrogen-bond acceptors (Lipinski definition) is 6. The summed E-state index contributed by atoms with van der Waals surface area (Å²) in [6.45, 7) is 9.28. The van der Waals surface area contributed by atoms with Gasteiger partial charge in [0.05, 0.1) is 35.6 Å². The Kier molecular flexibility index (Phi) is 12.0. The number of anilines is 2. The van der Waals surface area contributed by atoms with Gasteiger partial charge in [0.25, 0.3) is 5.91 Å². The molecule has 2 amide bonds. The maximum Gasteiger partial charge on any atom is 0.412 e. The highest BCUT2D eigenvalue weighted by Gasteiger charge is 2.32. The van der Waals surface area contributed by atoms with Crippen molar-refractivity contribution < 1.29 is 38.8 Å². The predicted molar refractivity (Wildman–Crippen MR) is 187 cm³/mol. The van der Waals surface area contributed by atoms with Gasteiger partial charge in [0.2, 0.25) is 0 Å².